The van der Waals surface area contributed by atoms with Crippen LogP contribution >= 0.6 is 12.2 Å². The first-order valence-corrected chi connectivity index (χ1v) is 8.78. The highest BCUT2D eigenvalue weighted by molar-refractivity contribution is 7.80. The summed E-state index contributed by atoms with van der Waals surface area (Å²) >= 11 is 5.22. The average Bonchev–Trinajstić information content (AvgIpc) is 2.67. The highest BCUT2D eigenvalue weighted by atomic mass is 32.1. The lowest BCUT2D eigenvalue weighted by atomic mass is 10.2. The summed E-state index contributed by atoms with van der Waals surface area (Å²) in [7, 11) is 3.21. The van der Waals surface area contributed by atoms with E-state index in [2.05, 4.69) is 25.6 Å². The maximum Gasteiger partial charge on any atom is 0.230 e. The molecule has 0 aliphatic rings. The summed E-state index contributed by atoms with van der Waals surface area (Å²) in [5.41, 5.74) is 8.24. The Morgan fingerprint density at radius 2 is 1.79 bits per heavy atom. The van der Waals surface area contributed by atoms with Gasteiger partial charge in [-0.2, -0.15) is 4.99 Å². The number of aryl methyl sites for hydroxylation is 1. The van der Waals surface area contributed by atoms with E-state index in [1.807, 2.05) is 43.3 Å². The third kappa shape index (κ3) is 4.63. The number of hydrogen-bond donors (Lipinski definition) is 3. The molecule has 28 heavy (non-hydrogen) atoms. The number of guanidine groups is 1. The van der Waals surface area contributed by atoms with Crippen molar-refractivity contribution in [2.24, 2.45) is 10.7 Å². The maximum atomic E-state index is 5.94. The summed E-state index contributed by atoms with van der Waals surface area (Å²) < 4.78 is 10.4. The Morgan fingerprint density at radius 1 is 1.04 bits per heavy atom. The molecule has 0 spiro atoms. The molecule has 0 bridgehead atoms. The fraction of sp³-hybridized carbons (Fsp3) is 0.158. The molecule has 0 radical (unpaired) electrons. The fourth-order valence-corrected chi connectivity index (χ4v) is 2.76. The molecule has 0 aliphatic carbocycles. The summed E-state index contributed by atoms with van der Waals surface area (Å²) in [5, 5.41) is 6.93. The first-order chi connectivity index (χ1) is 13.5. The zero-order valence-corrected chi connectivity index (χ0v) is 16.5. The van der Waals surface area contributed by atoms with E-state index in [-0.39, 0.29) is 11.1 Å². The molecule has 8 nitrogen and oxygen atoms in total. The van der Waals surface area contributed by atoms with Crippen molar-refractivity contribution in [1.29, 1.82) is 0 Å². The number of anilines is 2. The molecular weight excluding hydrogens is 376 g/mol. The van der Waals surface area contributed by atoms with E-state index < -0.39 is 0 Å². The topological polar surface area (TPSA) is 107 Å². The van der Waals surface area contributed by atoms with Crippen molar-refractivity contribution in [3.63, 3.8) is 0 Å². The van der Waals surface area contributed by atoms with Crippen LogP contribution < -0.4 is 25.8 Å². The van der Waals surface area contributed by atoms with Gasteiger partial charge in [0, 0.05) is 17.1 Å². The molecule has 1 aromatic heterocycles. The van der Waals surface area contributed by atoms with Crippen LogP contribution in [0.4, 0.5) is 11.6 Å². The van der Waals surface area contributed by atoms with Crippen LogP contribution in [0, 0.1) is 6.92 Å². The average molecular weight is 396 g/mol. The number of hydrogen-bond acceptors (Lipinski definition) is 5. The number of methoxy groups -OCH3 is 2. The summed E-state index contributed by atoms with van der Waals surface area (Å²) in [6, 6.07) is 12.9. The van der Waals surface area contributed by atoms with Crippen molar-refractivity contribution in [2.45, 2.75) is 6.92 Å². The van der Waals surface area contributed by atoms with Crippen molar-refractivity contribution >= 4 is 45.8 Å². The van der Waals surface area contributed by atoms with Gasteiger partial charge in [0.05, 0.1) is 25.4 Å². The molecule has 3 rings (SSSR count). The number of ether oxygens (including phenoxy) is 2. The first kappa shape index (κ1) is 19.3. The molecule has 4 N–H and O–H groups in total. The van der Waals surface area contributed by atoms with E-state index in [9.17, 15) is 0 Å². The van der Waals surface area contributed by atoms with Crippen LogP contribution in [0.5, 0.6) is 11.5 Å². The fourth-order valence-electron chi connectivity index (χ4n) is 2.55. The monoisotopic (exact) mass is 396 g/mol. The van der Waals surface area contributed by atoms with Crippen LogP contribution in [-0.4, -0.2) is 35.3 Å². The van der Waals surface area contributed by atoms with E-state index >= 15 is 0 Å². The van der Waals surface area contributed by atoms with E-state index in [1.165, 1.54) is 0 Å². The van der Waals surface area contributed by atoms with Crippen molar-refractivity contribution in [3.8, 4) is 11.5 Å². The van der Waals surface area contributed by atoms with Crippen molar-refractivity contribution in [2.75, 3.05) is 24.9 Å². The molecule has 3 aromatic rings. The van der Waals surface area contributed by atoms with Crippen LogP contribution in [0.25, 0.3) is 10.9 Å². The molecule has 0 atom stereocenters. The molecular formula is C19H20N6O2S. The summed E-state index contributed by atoms with van der Waals surface area (Å²) in [5.74, 6) is 1.86. The van der Waals surface area contributed by atoms with Gasteiger partial charge in [-0.05, 0) is 49.5 Å². The van der Waals surface area contributed by atoms with Crippen LogP contribution in [0.1, 0.15) is 5.69 Å². The van der Waals surface area contributed by atoms with Gasteiger partial charge >= 0.3 is 0 Å². The maximum absolute atomic E-state index is 5.94. The lowest BCUT2D eigenvalue weighted by Gasteiger charge is -2.09. The largest absolute Gasteiger partial charge is 0.497 e. The van der Waals surface area contributed by atoms with Crippen molar-refractivity contribution < 1.29 is 9.47 Å². The number of thiocarbonyl (C=S) groups is 1. The number of rotatable bonds is 4. The van der Waals surface area contributed by atoms with Gasteiger partial charge in [-0.15, -0.1) is 0 Å². The highest BCUT2D eigenvalue weighted by Crippen LogP contribution is 2.22. The van der Waals surface area contributed by atoms with E-state index in [1.54, 1.807) is 20.3 Å². The van der Waals surface area contributed by atoms with Gasteiger partial charge in [-0.3, -0.25) is 5.32 Å². The second-order valence-corrected chi connectivity index (χ2v) is 6.19. The quantitative estimate of drug-likeness (QED) is 0.351. The number of nitrogens with two attached hydrogens (primary N) is 1. The molecule has 1 heterocycles. The number of nitrogens with one attached hydrogen (secondary N) is 2. The van der Waals surface area contributed by atoms with Crippen molar-refractivity contribution in [1.82, 2.24) is 9.97 Å². The Balaban J connectivity index is 1.74. The number of benzene rings is 2. The molecule has 2 aromatic carbocycles. The Labute approximate surface area is 167 Å². The molecule has 0 saturated heterocycles. The van der Waals surface area contributed by atoms with Gasteiger partial charge in [0.15, 0.2) is 0 Å². The number of fused-ring (bicyclic) bond motifs is 1. The zero-order valence-electron chi connectivity index (χ0n) is 15.7. The highest BCUT2D eigenvalue weighted by Gasteiger charge is 2.07. The second-order valence-electron chi connectivity index (χ2n) is 5.80. The summed E-state index contributed by atoms with van der Waals surface area (Å²) in [6.07, 6.45) is 0. The SMILES string of the molecule is COc1cccc(NC(=S)N=C(N)Nc2nc(C)c3cc(OC)ccc3n2)c1. The van der Waals surface area contributed by atoms with Gasteiger partial charge in [0.25, 0.3) is 0 Å². The summed E-state index contributed by atoms with van der Waals surface area (Å²) in [6.45, 7) is 1.89. The molecule has 9 heteroatoms. The molecule has 0 saturated carbocycles. The predicted octanol–water partition coefficient (Wildman–Crippen LogP) is 3.08. The van der Waals surface area contributed by atoms with E-state index in [0.29, 0.717) is 11.7 Å². The van der Waals surface area contributed by atoms with Gasteiger partial charge in [0.2, 0.25) is 17.0 Å². The summed E-state index contributed by atoms with van der Waals surface area (Å²) in [4.78, 5) is 13.0. The second kappa shape index (κ2) is 8.49. The van der Waals surface area contributed by atoms with Gasteiger partial charge < -0.3 is 20.5 Å². The first-order valence-electron chi connectivity index (χ1n) is 8.37. The van der Waals surface area contributed by atoms with Gasteiger partial charge in [0.1, 0.15) is 11.5 Å². The van der Waals surface area contributed by atoms with Gasteiger partial charge in [-0.25, -0.2) is 9.97 Å². The number of nitrogens with zero attached hydrogens (tertiary/aromatic N) is 3. The van der Waals surface area contributed by atoms with Crippen molar-refractivity contribution in [3.05, 3.63) is 48.2 Å². The standard InChI is InChI=1S/C19H20N6O2S/c1-11-15-10-14(27-3)7-8-16(15)23-18(21-11)24-17(20)25-19(28)22-12-5-4-6-13(9-12)26-2/h4-10H,1-3H3,(H4,20,21,22,23,24,25,28). The Kier molecular flexibility index (Phi) is 5.85. The minimum absolute atomic E-state index is 0.0765. The normalized spacial score (nSPS) is 11.2. The minimum Gasteiger partial charge on any atom is -0.497 e. The smallest absolute Gasteiger partial charge is 0.230 e. The van der Waals surface area contributed by atoms with E-state index in [4.69, 9.17) is 27.4 Å². The van der Waals surface area contributed by atoms with Crippen LogP contribution in [0.2, 0.25) is 0 Å². The van der Waals surface area contributed by atoms with Crippen LogP contribution in [0.3, 0.4) is 0 Å². The Bertz CT molecular complexity index is 1050. The predicted molar refractivity (Wildman–Crippen MR) is 115 cm³/mol. The number of aromatic nitrogens is 2. The zero-order chi connectivity index (χ0) is 20.1. The molecule has 0 amide bonds. The lowest BCUT2D eigenvalue weighted by molar-refractivity contribution is 0.415. The van der Waals surface area contributed by atoms with Crippen LogP contribution in [-0.2, 0) is 0 Å². The van der Waals surface area contributed by atoms with Gasteiger partial charge in [-0.1, -0.05) is 6.07 Å². The third-order valence-corrected chi connectivity index (χ3v) is 4.07. The Hall–Kier alpha value is -3.46. The Morgan fingerprint density at radius 3 is 2.54 bits per heavy atom. The minimum atomic E-state index is 0.0765. The molecule has 0 fully saturated rings. The van der Waals surface area contributed by atoms with E-state index in [0.717, 1.165) is 28.0 Å². The molecule has 0 aliphatic heterocycles. The lowest BCUT2D eigenvalue weighted by Crippen LogP contribution is -2.26. The number of aliphatic imine (C=N–C) groups is 1. The molecule has 0 unspecified atom stereocenters. The van der Waals surface area contributed by atoms with Crippen LogP contribution in [0.15, 0.2) is 47.5 Å². The molecule has 144 valence electrons. The third-order valence-electron chi connectivity index (χ3n) is 3.88.